The number of rotatable bonds is 8. The monoisotopic (exact) mass is 349 g/mol. The number of carbonyl (C=O) groups excluding carboxylic acids is 2. The molecule has 2 rings (SSSR count). The van der Waals surface area contributed by atoms with Crippen LogP contribution in [0.4, 0.5) is 0 Å². The summed E-state index contributed by atoms with van der Waals surface area (Å²) >= 11 is 6.10. The van der Waals surface area contributed by atoms with Crippen molar-refractivity contribution >= 4 is 35.2 Å². The molecule has 0 aliphatic heterocycles. The first-order valence-electron chi connectivity index (χ1n) is 7.77. The van der Waals surface area contributed by atoms with Crippen molar-refractivity contribution in [2.45, 2.75) is 25.7 Å². The number of fused-ring (bicyclic) bond motifs is 1. The number of nitrogens with one attached hydrogen (secondary N) is 1. The second-order valence-electron chi connectivity index (χ2n) is 5.23. The van der Waals surface area contributed by atoms with Gasteiger partial charge >= 0.3 is 5.97 Å². The number of carbonyl (C=O) groups is 2. The van der Waals surface area contributed by atoms with Crippen molar-refractivity contribution < 1.29 is 14.3 Å². The van der Waals surface area contributed by atoms with Gasteiger partial charge in [-0.1, -0.05) is 24.1 Å². The lowest BCUT2D eigenvalue weighted by molar-refractivity contribution is -0.140. The van der Waals surface area contributed by atoms with E-state index in [1.165, 1.54) is 13.2 Å². The Hall–Kier alpha value is -2.34. The average molecular weight is 350 g/mol. The number of hydrogen-bond donors (Lipinski definition) is 1. The number of amides is 1. The highest BCUT2D eigenvalue weighted by Crippen LogP contribution is 2.18. The van der Waals surface area contributed by atoms with Crippen LogP contribution in [0.15, 0.2) is 30.5 Å². The molecule has 0 aromatic carbocycles. The van der Waals surface area contributed by atoms with Crippen LogP contribution in [0.25, 0.3) is 11.7 Å². The van der Waals surface area contributed by atoms with Crippen LogP contribution in [-0.4, -0.2) is 34.9 Å². The Balaban J connectivity index is 1.77. The van der Waals surface area contributed by atoms with E-state index in [0.29, 0.717) is 23.8 Å². The molecule has 0 aliphatic carbocycles. The zero-order chi connectivity index (χ0) is 17.4. The maximum atomic E-state index is 11.8. The minimum absolute atomic E-state index is 0.190. The first-order chi connectivity index (χ1) is 11.6. The van der Waals surface area contributed by atoms with Crippen LogP contribution in [0.1, 0.15) is 31.4 Å². The Morgan fingerprint density at radius 1 is 1.33 bits per heavy atom. The normalized spacial score (nSPS) is 11.1. The molecule has 2 heterocycles. The number of esters is 1. The molecule has 0 radical (unpaired) electrons. The quantitative estimate of drug-likeness (QED) is 0.452. The smallest absolute Gasteiger partial charge is 0.305 e. The van der Waals surface area contributed by atoms with Gasteiger partial charge in [0.2, 0.25) is 5.91 Å². The number of imidazole rings is 1. The topological polar surface area (TPSA) is 72.7 Å². The molecule has 128 valence electrons. The highest BCUT2D eigenvalue weighted by atomic mass is 35.5. The number of ether oxygens (including phenoxy) is 1. The summed E-state index contributed by atoms with van der Waals surface area (Å²) in [5.74, 6) is -0.392. The van der Waals surface area contributed by atoms with Gasteiger partial charge < -0.3 is 10.1 Å². The van der Waals surface area contributed by atoms with Gasteiger partial charge in [-0.25, -0.2) is 4.98 Å². The van der Waals surface area contributed by atoms with Gasteiger partial charge in [0, 0.05) is 25.2 Å². The second kappa shape index (κ2) is 9.08. The maximum Gasteiger partial charge on any atom is 0.305 e. The number of hydrogen-bond acceptors (Lipinski definition) is 4. The van der Waals surface area contributed by atoms with E-state index in [1.54, 1.807) is 6.08 Å². The van der Waals surface area contributed by atoms with Crippen LogP contribution in [0, 0.1) is 0 Å². The van der Waals surface area contributed by atoms with E-state index >= 15 is 0 Å². The molecule has 0 atom stereocenters. The summed E-state index contributed by atoms with van der Waals surface area (Å²) in [5, 5.41) is 3.15. The third kappa shape index (κ3) is 5.09. The molecular weight excluding hydrogens is 330 g/mol. The number of halogens is 1. The van der Waals surface area contributed by atoms with E-state index in [2.05, 4.69) is 15.0 Å². The summed E-state index contributed by atoms with van der Waals surface area (Å²) in [5.41, 5.74) is 1.40. The molecule has 24 heavy (non-hydrogen) atoms. The Morgan fingerprint density at radius 3 is 2.96 bits per heavy atom. The number of methoxy groups -OCH3 is 1. The summed E-state index contributed by atoms with van der Waals surface area (Å²) in [6, 6.07) is 5.59. The van der Waals surface area contributed by atoms with Gasteiger partial charge in [-0.2, -0.15) is 0 Å². The van der Waals surface area contributed by atoms with Crippen molar-refractivity contribution in [1.82, 2.24) is 14.7 Å². The fourth-order valence-electron chi connectivity index (χ4n) is 2.23. The molecular formula is C17H20ClN3O3. The van der Waals surface area contributed by atoms with Crippen molar-refractivity contribution in [2.75, 3.05) is 13.7 Å². The highest BCUT2D eigenvalue weighted by molar-refractivity contribution is 6.31. The van der Waals surface area contributed by atoms with Gasteiger partial charge in [-0.05, 0) is 31.1 Å². The number of aromatic nitrogens is 2. The van der Waals surface area contributed by atoms with E-state index in [9.17, 15) is 9.59 Å². The van der Waals surface area contributed by atoms with E-state index < -0.39 is 0 Å². The van der Waals surface area contributed by atoms with Gasteiger partial charge in [0.1, 0.15) is 5.65 Å². The Bertz CT molecular complexity index is 740. The summed E-state index contributed by atoms with van der Waals surface area (Å²) in [7, 11) is 1.38. The molecule has 0 unspecified atom stereocenters. The third-order valence-corrected chi connectivity index (χ3v) is 3.78. The molecule has 7 heteroatoms. The Labute approximate surface area is 145 Å². The van der Waals surface area contributed by atoms with E-state index in [0.717, 1.165) is 24.9 Å². The second-order valence-corrected chi connectivity index (χ2v) is 5.59. The molecule has 0 fully saturated rings. The third-order valence-electron chi connectivity index (χ3n) is 3.50. The maximum absolute atomic E-state index is 11.8. The summed E-state index contributed by atoms with van der Waals surface area (Å²) in [6.45, 7) is 0.561. The first kappa shape index (κ1) is 18.0. The summed E-state index contributed by atoms with van der Waals surface area (Å²) in [6.07, 6.45) is 7.77. The predicted molar refractivity (Wildman–Crippen MR) is 92.7 cm³/mol. The highest BCUT2D eigenvalue weighted by Gasteiger charge is 2.07. The van der Waals surface area contributed by atoms with Crippen LogP contribution in [-0.2, 0) is 14.3 Å². The summed E-state index contributed by atoms with van der Waals surface area (Å²) < 4.78 is 6.39. The van der Waals surface area contributed by atoms with E-state index in [1.807, 2.05) is 28.8 Å². The van der Waals surface area contributed by atoms with Crippen molar-refractivity contribution in [1.29, 1.82) is 0 Å². The number of pyridine rings is 1. The minimum atomic E-state index is -0.202. The largest absolute Gasteiger partial charge is 0.469 e. The number of nitrogens with zero attached hydrogens (tertiary/aromatic N) is 2. The Kier molecular flexibility index (Phi) is 6.81. The fourth-order valence-corrected chi connectivity index (χ4v) is 2.47. The van der Waals surface area contributed by atoms with Gasteiger partial charge in [-0.3, -0.25) is 14.0 Å². The van der Waals surface area contributed by atoms with Gasteiger partial charge in [0.05, 0.1) is 12.8 Å². The van der Waals surface area contributed by atoms with E-state index in [4.69, 9.17) is 11.6 Å². The van der Waals surface area contributed by atoms with Crippen LogP contribution in [0.5, 0.6) is 0 Å². The zero-order valence-corrected chi connectivity index (χ0v) is 14.3. The lowest BCUT2D eigenvalue weighted by Crippen LogP contribution is -2.22. The van der Waals surface area contributed by atoms with Crippen LogP contribution in [0.2, 0.25) is 5.15 Å². The molecule has 0 saturated heterocycles. The predicted octanol–water partition coefficient (Wildman–Crippen LogP) is 2.85. The van der Waals surface area contributed by atoms with Gasteiger partial charge in [0.15, 0.2) is 5.15 Å². The first-order valence-corrected chi connectivity index (χ1v) is 8.15. The van der Waals surface area contributed by atoms with Crippen molar-refractivity contribution in [3.8, 4) is 0 Å². The SMILES string of the molecule is COC(=O)CCCCCNC(=O)/C=C/c1c(Cl)nc2ccccn12. The number of unbranched alkanes of at least 4 members (excludes halogenated alkanes) is 2. The van der Waals surface area contributed by atoms with Crippen LogP contribution in [0.3, 0.4) is 0 Å². The molecule has 2 aromatic rings. The van der Waals surface area contributed by atoms with Crippen molar-refractivity contribution in [3.63, 3.8) is 0 Å². The lowest BCUT2D eigenvalue weighted by atomic mass is 10.2. The van der Waals surface area contributed by atoms with Gasteiger partial charge in [-0.15, -0.1) is 0 Å². The van der Waals surface area contributed by atoms with E-state index in [-0.39, 0.29) is 11.9 Å². The molecule has 1 amide bonds. The summed E-state index contributed by atoms with van der Waals surface area (Å²) in [4.78, 5) is 27.0. The average Bonchev–Trinajstić information content (AvgIpc) is 2.91. The molecule has 1 N–H and O–H groups in total. The fraction of sp³-hybridized carbons (Fsp3) is 0.353. The van der Waals surface area contributed by atoms with Gasteiger partial charge in [0.25, 0.3) is 0 Å². The molecule has 2 aromatic heterocycles. The molecule has 0 saturated carbocycles. The standard InChI is InChI=1S/C17H20ClN3O3/c1-24-16(23)8-3-2-5-11-19-15(22)10-9-13-17(18)20-14-7-4-6-12-21(13)14/h4,6-7,9-10,12H,2-3,5,8,11H2,1H3,(H,19,22)/b10-9+. The Morgan fingerprint density at radius 2 is 2.17 bits per heavy atom. The van der Waals surface area contributed by atoms with Crippen LogP contribution < -0.4 is 5.32 Å². The van der Waals surface area contributed by atoms with Crippen molar-refractivity contribution in [2.24, 2.45) is 0 Å². The molecule has 0 bridgehead atoms. The molecule has 6 nitrogen and oxygen atoms in total. The van der Waals surface area contributed by atoms with Crippen LogP contribution >= 0.6 is 11.6 Å². The lowest BCUT2D eigenvalue weighted by Gasteiger charge is -2.02. The molecule has 0 spiro atoms. The zero-order valence-electron chi connectivity index (χ0n) is 13.5. The van der Waals surface area contributed by atoms with Crippen molar-refractivity contribution in [3.05, 3.63) is 41.3 Å². The molecule has 0 aliphatic rings. The minimum Gasteiger partial charge on any atom is -0.469 e.